The maximum Gasteiger partial charge on any atom is 0.139 e. The number of rotatable bonds is 4. The van der Waals surface area contributed by atoms with Crippen LogP contribution in [0, 0.1) is 16.7 Å². The number of hydrogen-bond acceptors (Lipinski definition) is 2. The van der Waals surface area contributed by atoms with Crippen LogP contribution in [0.2, 0.25) is 0 Å². The van der Waals surface area contributed by atoms with Crippen molar-refractivity contribution in [2.24, 2.45) is 16.7 Å². The summed E-state index contributed by atoms with van der Waals surface area (Å²) in [6, 6.07) is 19.3. The molecule has 0 heterocycles. The fourth-order valence-corrected chi connectivity index (χ4v) is 10.2. The Morgan fingerprint density at radius 1 is 1.00 bits per heavy atom. The lowest BCUT2D eigenvalue weighted by molar-refractivity contribution is -0.128. The van der Waals surface area contributed by atoms with Crippen LogP contribution in [0.5, 0.6) is 0 Å². The predicted octanol–water partition coefficient (Wildman–Crippen LogP) is 4.51. The van der Waals surface area contributed by atoms with Crippen LogP contribution in [0.3, 0.4) is 0 Å². The van der Waals surface area contributed by atoms with Gasteiger partial charge in [0.15, 0.2) is 0 Å². The third kappa shape index (κ3) is 2.41. The van der Waals surface area contributed by atoms with Gasteiger partial charge in [0.25, 0.3) is 0 Å². The normalized spacial score (nSPS) is 31.4. The minimum absolute atomic E-state index is 0.0191. The van der Waals surface area contributed by atoms with E-state index >= 15 is 0 Å². The Hall–Kier alpha value is -1.24. The van der Waals surface area contributed by atoms with E-state index in [2.05, 4.69) is 74.5 Å². The largest absolute Gasteiger partial charge is 0.299 e. The molecule has 0 N–H and O–H groups in total. The van der Waals surface area contributed by atoms with Crippen LogP contribution in [0.15, 0.2) is 60.7 Å². The van der Waals surface area contributed by atoms with Crippen LogP contribution < -0.4 is 10.6 Å². The maximum atomic E-state index is 12.7. The number of carbonyl (C=O) groups is 1. The van der Waals surface area contributed by atoms with Gasteiger partial charge in [0.2, 0.25) is 0 Å². The Morgan fingerprint density at radius 2 is 1.52 bits per heavy atom. The minimum atomic E-state index is -1.96. The van der Waals surface area contributed by atoms with Gasteiger partial charge >= 0.3 is 0 Å². The second-order valence-electron chi connectivity index (χ2n) is 8.18. The van der Waals surface area contributed by atoms with Crippen LogP contribution in [-0.2, 0) is 16.6 Å². The Morgan fingerprint density at radius 3 is 1.92 bits per heavy atom. The molecule has 2 bridgehead atoms. The molecule has 0 amide bonds. The van der Waals surface area contributed by atoms with Crippen molar-refractivity contribution in [1.82, 2.24) is 0 Å². The molecule has 2 aromatic rings. The number of hydrogen-bond donors (Lipinski definition) is 0. The zero-order valence-electron chi connectivity index (χ0n) is 14.9. The smallest absolute Gasteiger partial charge is 0.139 e. The molecule has 2 aromatic carbocycles. The van der Waals surface area contributed by atoms with Crippen molar-refractivity contribution in [2.45, 2.75) is 33.1 Å². The average molecular weight is 368 g/mol. The average Bonchev–Trinajstić information content (AvgIpc) is 2.98. The molecule has 2 aliphatic carbocycles. The van der Waals surface area contributed by atoms with Gasteiger partial charge in [0.05, 0.1) is 0 Å². The van der Waals surface area contributed by atoms with Gasteiger partial charge in [-0.25, -0.2) is 0 Å². The molecule has 2 fully saturated rings. The van der Waals surface area contributed by atoms with Crippen molar-refractivity contribution in [3.63, 3.8) is 0 Å². The van der Waals surface area contributed by atoms with Crippen molar-refractivity contribution in [1.29, 1.82) is 0 Å². The van der Waals surface area contributed by atoms with E-state index in [9.17, 15) is 4.79 Å². The highest BCUT2D eigenvalue weighted by Gasteiger charge is 2.64. The third-order valence-electron chi connectivity index (χ3n) is 7.10. The molecular weight excluding hydrogens is 343 g/mol. The van der Waals surface area contributed by atoms with Crippen LogP contribution in [0.1, 0.15) is 33.1 Å². The lowest BCUT2D eigenvalue weighted by Crippen LogP contribution is -2.40. The summed E-state index contributed by atoms with van der Waals surface area (Å²) < 4.78 is 0. The summed E-state index contributed by atoms with van der Waals surface area (Å²) in [6.45, 7) is 4.56. The molecule has 0 saturated heterocycles. The lowest BCUT2D eigenvalue weighted by Gasteiger charge is -2.41. The van der Waals surface area contributed by atoms with Gasteiger partial charge in [-0.1, -0.05) is 86.3 Å². The van der Waals surface area contributed by atoms with Crippen LogP contribution in [0.4, 0.5) is 0 Å². The van der Waals surface area contributed by atoms with E-state index in [1.165, 1.54) is 17.0 Å². The van der Waals surface area contributed by atoms with Gasteiger partial charge in [-0.05, 0) is 40.9 Å². The van der Waals surface area contributed by atoms with Gasteiger partial charge in [0, 0.05) is 17.9 Å². The van der Waals surface area contributed by atoms with Crippen molar-refractivity contribution >= 4 is 34.2 Å². The summed E-state index contributed by atoms with van der Waals surface area (Å²) in [6.07, 6.45) is 3.92. The number of Topliss-reactive ketones (excluding diaryl/α,β-unsaturated/α-hetero) is 1. The molecule has 0 aromatic heterocycles. The van der Waals surface area contributed by atoms with Crippen molar-refractivity contribution in [3.8, 4) is 0 Å². The summed E-state index contributed by atoms with van der Waals surface area (Å²) in [7, 11) is 0. The standard InChI is InChI=1S/C22H25OPS/c1-21-14-13-17(15-20(21)23)22(21,2)16-24(25,18-9-5-3-6-10-18)19-11-7-4-8-12-19/h3-12,17H,13-16H2,1-2H3. The van der Waals surface area contributed by atoms with Crippen LogP contribution >= 0.6 is 6.04 Å². The molecule has 0 spiro atoms. The van der Waals surface area contributed by atoms with Crippen molar-refractivity contribution in [2.75, 3.05) is 6.16 Å². The highest BCUT2D eigenvalue weighted by atomic mass is 32.4. The van der Waals surface area contributed by atoms with Gasteiger partial charge in [-0.2, -0.15) is 0 Å². The Bertz CT molecular complexity index is 803. The molecule has 1 nitrogen and oxygen atoms in total. The quantitative estimate of drug-likeness (QED) is 0.739. The van der Waals surface area contributed by atoms with Gasteiger partial charge < -0.3 is 0 Å². The van der Waals surface area contributed by atoms with Gasteiger partial charge in [-0.3, -0.25) is 4.79 Å². The number of benzene rings is 2. The fourth-order valence-electron chi connectivity index (χ4n) is 5.19. The molecule has 3 unspecified atom stereocenters. The predicted molar refractivity (Wildman–Crippen MR) is 110 cm³/mol. The summed E-state index contributed by atoms with van der Waals surface area (Å²) in [4.78, 5) is 12.7. The zero-order valence-corrected chi connectivity index (χ0v) is 16.7. The first kappa shape index (κ1) is 17.2. The number of carbonyl (C=O) groups excluding carboxylic acids is 1. The second-order valence-corrected chi connectivity index (χ2v) is 12.9. The first-order chi connectivity index (χ1) is 11.9. The Labute approximate surface area is 155 Å². The molecular formula is C22H25OPS. The van der Waals surface area contributed by atoms with Gasteiger partial charge in [-0.15, -0.1) is 0 Å². The lowest BCUT2D eigenvalue weighted by atomic mass is 9.70. The molecule has 3 heteroatoms. The topological polar surface area (TPSA) is 17.1 Å². The molecule has 25 heavy (non-hydrogen) atoms. The van der Waals surface area contributed by atoms with Crippen LogP contribution in [0.25, 0.3) is 0 Å². The van der Waals surface area contributed by atoms with E-state index in [0.29, 0.717) is 11.7 Å². The molecule has 4 rings (SSSR count). The fraction of sp³-hybridized carbons (Fsp3) is 0.409. The van der Waals surface area contributed by atoms with E-state index in [-0.39, 0.29) is 10.8 Å². The monoisotopic (exact) mass is 368 g/mol. The molecule has 2 aliphatic rings. The highest BCUT2D eigenvalue weighted by Crippen LogP contribution is 2.68. The minimum Gasteiger partial charge on any atom is -0.299 e. The Kier molecular flexibility index (Phi) is 4.05. The highest BCUT2D eigenvalue weighted by molar-refractivity contribution is 8.21. The van der Waals surface area contributed by atoms with Crippen LogP contribution in [-0.4, -0.2) is 11.9 Å². The molecule has 2 saturated carbocycles. The molecule has 0 radical (unpaired) electrons. The van der Waals surface area contributed by atoms with Crippen molar-refractivity contribution < 1.29 is 4.79 Å². The number of fused-ring (bicyclic) bond motifs is 2. The number of ketones is 1. The molecule has 3 atom stereocenters. The van der Waals surface area contributed by atoms with Crippen molar-refractivity contribution in [3.05, 3.63) is 60.7 Å². The Balaban J connectivity index is 1.84. The van der Waals surface area contributed by atoms with E-state index in [4.69, 9.17) is 11.8 Å². The first-order valence-electron chi connectivity index (χ1n) is 9.14. The molecule has 0 aliphatic heterocycles. The third-order valence-corrected chi connectivity index (χ3v) is 12.1. The first-order valence-corrected chi connectivity index (χ1v) is 12.1. The van der Waals surface area contributed by atoms with Gasteiger partial charge in [0.1, 0.15) is 5.78 Å². The van der Waals surface area contributed by atoms with E-state index < -0.39 is 6.04 Å². The zero-order chi connectivity index (χ0) is 17.7. The van der Waals surface area contributed by atoms with E-state index in [0.717, 1.165) is 19.0 Å². The maximum absolute atomic E-state index is 12.7. The summed E-state index contributed by atoms with van der Waals surface area (Å²) in [5, 5.41) is 2.56. The summed E-state index contributed by atoms with van der Waals surface area (Å²) >= 11 is 6.47. The summed E-state index contributed by atoms with van der Waals surface area (Å²) in [5.74, 6) is 0.966. The molecule has 130 valence electrons. The van der Waals surface area contributed by atoms with E-state index in [1.807, 2.05) is 0 Å². The second kappa shape index (κ2) is 5.89. The van der Waals surface area contributed by atoms with E-state index in [1.54, 1.807) is 0 Å². The summed E-state index contributed by atoms with van der Waals surface area (Å²) in [5.41, 5.74) is -0.170. The SMILES string of the molecule is CC12CCC(CC1=O)C2(C)CP(=S)(c1ccccc1)c1ccccc1.